The third kappa shape index (κ3) is 4.36. The highest BCUT2D eigenvalue weighted by atomic mass is 32.2. The summed E-state index contributed by atoms with van der Waals surface area (Å²) in [4.78, 5) is 0.00115. The second-order valence-electron chi connectivity index (χ2n) is 5.39. The van der Waals surface area contributed by atoms with Gasteiger partial charge in [0.25, 0.3) is 0 Å². The Hall–Kier alpha value is -1.31. The van der Waals surface area contributed by atoms with Crippen molar-refractivity contribution in [1.29, 1.82) is 0 Å². The number of primary sulfonamides is 1. The lowest BCUT2D eigenvalue weighted by atomic mass is 10.0. The molecule has 1 aromatic rings. The summed E-state index contributed by atoms with van der Waals surface area (Å²) >= 11 is 0. The van der Waals surface area contributed by atoms with Gasteiger partial charge in [0.05, 0.1) is 11.5 Å². The summed E-state index contributed by atoms with van der Waals surface area (Å²) in [5.41, 5.74) is 7.11. The zero-order chi connectivity index (χ0) is 15.5. The maximum atomic E-state index is 11.5. The first kappa shape index (κ1) is 16.7. The minimum Gasteiger partial charge on any atom is -0.399 e. The summed E-state index contributed by atoms with van der Waals surface area (Å²) < 4.78 is 23.1. The van der Waals surface area contributed by atoms with E-state index in [9.17, 15) is 13.5 Å². The molecule has 0 bridgehead atoms. The first-order valence-electron chi connectivity index (χ1n) is 6.45. The predicted molar refractivity (Wildman–Crippen MR) is 80.9 cm³/mol. The Morgan fingerprint density at radius 2 is 1.95 bits per heavy atom. The van der Waals surface area contributed by atoms with Gasteiger partial charge < -0.3 is 16.2 Å². The van der Waals surface area contributed by atoms with Gasteiger partial charge in [0, 0.05) is 17.4 Å². The van der Waals surface area contributed by atoms with Crippen LogP contribution in [0.25, 0.3) is 0 Å². The number of sulfonamides is 1. The molecule has 0 heterocycles. The summed E-state index contributed by atoms with van der Waals surface area (Å²) in [7, 11) is -3.83. The van der Waals surface area contributed by atoms with Crippen molar-refractivity contribution >= 4 is 21.4 Å². The molecule has 1 unspecified atom stereocenters. The Balaban J connectivity index is 3.16. The molecule has 6 nitrogen and oxygen atoms in total. The van der Waals surface area contributed by atoms with Gasteiger partial charge >= 0.3 is 0 Å². The van der Waals surface area contributed by atoms with Crippen molar-refractivity contribution < 1.29 is 13.5 Å². The molecule has 0 aliphatic rings. The maximum absolute atomic E-state index is 11.5. The van der Waals surface area contributed by atoms with Crippen molar-refractivity contribution in [1.82, 2.24) is 0 Å². The van der Waals surface area contributed by atoms with E-state index in [1.165, 1.54) is 6.07 Å². The molecule has 0 saturated carbocycles. The maximum Gasteiger partial charge on any atom is 0.238 e. The molecule has 1 atom stereocenters. The van der Waals surface area contributed by atoms with Crippen LogP contribution in [-0.2, 0) is 10.0 Å². The number of aliphatic hydroxyl groups is 1. The zero-order valence-corrected chi connectivity index (χ0v) is 12.9. The average molecular weight is 301 g/mol. The number of anilines is 2. The van der Waals surface area contributed by atoms with Crippen LogP contribution >= 0.6 is 0 Å². The molecule has 0 aromatic heterocycles. The monoisotopic (exact) mass is 301 g/mol. The number of nitrogens with one attached hydrogen (secondary N) is 1. The van der Waals surface area contributed by atoms with Crippen molar-refractivity contribution in [2.45, 2.75) is 38.1 Å². The molecule has 0 radical (unpaired) electrons. The lowest BCUT2D eigenvalue weighted by Crippen LogP contribution is -2.26. The lowest BCUT2D eigenvalue weighted by molar-refractivity contribution is 0.259. The quantitative estimate of drug-likeness (QED) is 0.585. The van der Waals surface area contributed by atoms with E-state index in [1.54, 1.807) is 13.0 Å². The van der Waals surface area contributed by atoms with E-state index in [0.717, 1.165) is 6.42 Å². The number of hydrogen-bond donors (Lipinski definition) is 4. The van der Waals surface area contributed by atoms with Crippen molar-refractivity contribution in [3.8, 4) is 0 Å². The number of rotatable bonds is 6. The first-order chi connectivity index (χ1) is 9.15. The van der Waals surface area contributed by atoms with E-state index in [0.29, 0.717) is 22.9 Å². The van der Waals surface area contributed by atoms with Crippen LogP contribution in [0.3, 0.4) is 0 Å². The third-order valence-electron chi connectivity index (χ3n) is 3.02. The Labute approximate surface area is 120 Å². The van der Waals surface area contributed by atoms with Crippen LogP contribution in [0.5, 0.6) is 0 Å². The second kappa shape index (κ2) is 6.43. The number of benzene rings is 1. The molecular weight excluding hydrogens is 278 g/mol. The van der Waals surface area contributed by atoms with Gasteiger partial charge in [-0.3, -0.25) is 0 Å². The summed E-state index contributed by atoms with van der Waals surface area (Å²) in [5, 5.41) is 17.7. The minimum absolute atomic E-state index is 0.00115. The molecule has 1 rings (SSSR count). The van der Waals surface area contributed by atoms with E-state index in [2.05, 4.69) is 5.32 Å². The molecule has 20 heavy (non-hydrogen) atoms. The van der Waals surface area contributed by atoms with Gasteiger partial charge in [0.1, 0.15) is 0 Å². The van der Waals surface area contributed by atoms with Crippen LogP contribution in [0.1, 0.15) is 25.8 Å². The molecule has 0 spiro atoms. The molecule has 1 aromatic carbocycles. The number of nitrogen functional groups attached to an aromatic ring is 1. The van der Waals surface area contributed by atoms with Gasteiger partial charge in [-0.25, -0.2) is 13.6 Å². The predicted octanol–water partition coefficient (Wildman–Crippen LogP) is 1.04. The highest BCUT2D eigenvalue weighted by Crippen LogP contribution is 2.27. The van der Waals surface area contributed by atoms with Crippen molar-refractivity contribution in [2.75, 3.05) is 17.7 Å². The Morgan fingerprint density at radius 1 is 1.35 bits per heavy atom. The normalized spacial score (nSPS) is 13.5. The number of nitrogens with two attached hydrogens (primary N) is 2. The van der Waals surface area contributed by atoms with Gasteiger partial charge in [-0.15, -0.1) is 0 Å². The Bertz CT molecular complexity index is 570. The van der Waals surface area contributed by atoms with Crippen LogP contribution in [0.4, 0.5) is 11.4 Å². The van der Waals surface area contributed by atoms with E-state index >= 15 is 0 Å². The average Bonchev–Trinajstić information content (AvgIpc) is 2.30. The topological polar surface area (TPSA) is 118 Å². The van der Waals surface area contributed by atoms with Crippen LogP contribution in [-0.4, -0.2) is 26.2 Å². The van der Waals surface area contributed by atoms with Crippen LogP contribution in [0.15, 0.2) is 17.0 Å². The number of aliphatic hydroxyl groups excluding tert-OH is 1. The van der Waals surface area contributed by atoms with Crippen LogP contribution in [0.2, 0.25) is 0 Å². The van der Waals surface area contributed by atoms with E-state index in [1.807, 2.05) is 13.8 Å². The van der Waals surface area contributed by atoms with Gasteiger partial charge in [0.15, 0.2) is 0 Å². The molecule has 114 valence electrons. The summed E-state index contributed by atoms with van der Waals surface area (Å²) in [6.45, 7) is 5.71. The molecule has 0 amide bonds. The molecule has 0 aliphatic carbocycles. The van der Waals surface area contributed by atoms with Crippen LogP contribution < -0.4 is 16.2 Å². The highest BCUT2D eigenvalue weighted by molar-refractivity contribution is 7.89. The van der Waals surface area contributed by atoms with Crippen molar-refractivity contribution in [3.05, 3.63) is 17.7 Å². The van der Waals surface area contributed by atoms with Crippen LogP contribution in [0, 0.1) is 12.8 Å². The lowest BCUT2D eigenvalue weighted by Gasteiger charge is -2.22. The third-order valence-corrected chi connectivity index (χ3v) is 4.06. The standard InChI is InChI=1S/C13H23N3O3S/c1-8(2)4-11(7-17)16-12-5-10(14)6-13(9(12)3)20(15,18)19/h5-6,8,11,16-17H,4,7,14H2,1-3H3,(H2,15,18,19). The largest absolute Gasteiger partial charge is 0.399 e. The molecular formula is C13H23N3O3S. The Morgan fingerprint density at radius 3 is 2.40 bits per heavy atom. The Kier molecular flexibility index (Phi) is 5.38. The van der Waals surface area contributed by atoms with E-state index in [4.69, 9.17) is 10.9 Å². The smallest absolute Gasteiger partial charge is 0.238 e. The van der Waals surface area contributed by atoms with Gasteiger partial charge in [-0.1, -0.05) is 13.8 Å². The first-order valence-corrected chi connectivity index (χ1v) is 8.00. The second-order valence-corrected chi connectivity index (χ2v) is 6.92. The molecule has 0 saturated heterocycles. The van der Waals surface area contributed by atoms with Gasteiger partial charge in [-0.05, 0) is 37.0 Å². The van der Waals surface area contributed by atoms with E-state index in [-0.39, 0.29) is 17.5 Å². The molecule has 0 fully saturated rings. The fourth-order valence-electron chi connectivity index (χ4n) is 2.12. The summed E-state index contributed by atoms with van der Waals surface area (Å²) in [6.07, 6.45) is 0.759. The molecule has 0 aliphatic heterocycles. The number of hydrogen-bond acceptors (Lipinski definition) is 5. The van der Waals surface area contributed by atoms with Crippen molar-refractivity contribution in [2.24, 2.45) is 11.1 Å². The fourth-order valence-corrected chi connectivity index (χ4v) is 2.96. The van der Waals surface area contributed by atoms with Crippen molar-refractivity contribution in [3.63, 3.8) is 0 Å². The molecule has 6 N–H and O–H groups in total. The van der Waals surface area contributed by atoms with E-state index < -0.39 is 10.0 Å². The molecule has 7 heteroatoms. The zero-order valence-electron chi connectivity index (χ0n) is 12.1. The fraction of sp³-hybridized carbons (Fsp3) is 0.538. The SMILES string of the molecule is Cc1c(NC(CO)CC(C)C)cc(N)cc1S(N)(=O)=O. The van der Waals surface area contributed by atoms with Gasteiger partial charge in [0.2, 0.25) is 10.0 Å². The summed E-state index contributed by atoms with van der Waals surface area (Å²) in [5.74, 6) is 0.402. The van der Waals surface area contributed by atoms with Gasteiger partial charge in [-0.2, -0.15) is 0 Å². The highest BCUT2D eigenvalue weighted by Gasteiger charge is 2.18. The summed E-state index contributed by atoms with van der Waals surface area (Å²) in [6, 6.07) is 2.82. The minimum atomic E-state index is -3.83.